The number of carbonyl (C=O) groups excluding carboxylic acids is 1. The van der Waals surface area contributed by atoms with Gasteiger partial charge in [-0.2, -0.15) is 0 Å². The Morgan fingerprint density at radius 2 is 1.68 bits per heavy atom. The summed E-state index contributed by atoms with van der Waals surface area (Å²) in [5.41, 5.74) is 1.12. The second-order valence-corrected chi connectivity index (χ2v) is 6.01. The maximum Gasteiger partial charge on any atom is 0.407 e. The van der Waals surface area contributed by atoms with E-state index in [1.165, 1.54) is 12.1 Å². The van der Waals surface area contributed by atoms with Crippen LogP contribution in [0.4, 0.5) is 4.79 Å². The lowest BCUT2D eigenvalue weighted by atomic mass is 10.0. The molecule has 0 saturated heterocycles. The number of amides is 1. The molecule has 0 bridgehead atoms. The van der Waals surface area contributed by atoms with E-state index in [9.17, 15) is 19.8 Å². The van der Waals surface area contributed by atoms with Crippen molar-refractivity contribution in [1.82, 2.24) is 5.32 Å². The van der Waals surface area contributed by atoms with Gasteiger partial charge in [-0.1, -0.05) is 48.5 Å². The van der Waals surface area contributed by atoms with Gasteiger partial charge in [0.1, 0.15) is 18.5 Å². The Bertz CT molecular complexity index is 766. The number of hydrogen-bond donors (Lipinski definition) is 4. The first-order chi connectivity index (χ1) is 13.5. The molecule has 0 aliphatic heterocycles. The van der Waals surface area contributed by atoms with Crippen molar-refractivity contribution in [2.75, 3.05) is 13.2 Å². The highest BCUT2D eigenvalue weighted by Gasteiger charge is 2.22. The zero-order valence-electron chi connectivity index (χ0n) is 15.2. The van der Waals surface area contributed by atoms with Gasteiger partial charge < -0.3 is 30.1 Å². The van der Waals surface area contributed by atoms with E-state index in [1.54, 1.807) is 12.1 Å². The van der Waals surface area contributed by atoms with Gasteiger partial charge in [-0.15, -0.1) is 0 Å². The normalized spacial score (nSPS) is 12.6. The fourth-order valence-electron chi connectivity index (χ4n) is 2.46. The summed E-state index contributed by atoms with van der Waals surface area (Å²) in [7, 11) is 0. The van der Waals surface area contributed by atoms with Gasteiger partial charge >= 0.3 is 12.1 Å². The van der Waals surface area contributed by atoms with E-state index in [1.807, 2.05) is 30.3 Å². The fourth-order valence-corrected chi connectivity index (χ4v) is 2.46. The fraction of sp³-hybridized carbons (Fsp3) is 0.300. The summed E-state index contributed by atoms with van der Waals surface area (Å²) >= 11 is 0. The number of rotatable bonds is 10. The van der Waals surface area contributed by atoms with E-state index in [-0.39, 0.29) is 30.9 Å². The highest BCUT2D eigenvalue weighted by molar-refractivity contribution is 5.68. The van der Waals surface area contributed by atoms with Crippen molar-refractivity contribution >= 4 is 12.1 Å². The minimum Gasteiger partial charge on any atom is -0.482 e. The summed E-state index contributed by atoms with van der Waals surface area (Å²) < 4.78 is 10.2. The molecule has 0 aliphatic rings. The van der Waals surface area contributed by atoms with Crippen molar-refractivity contribution in [2.45, 2.75) is 25.2 Å². The average Bonchev–Trinajstić information content (AvgIpc) is 2.71. The van der Waals surface area contributed by atoms with E-state index in [0.717, 1.165) is 5.56 Å². The van der Waals surface area contributed by atoms with E-state index in [0.29, 0.717) is 0 Å². The maximum atomic E-state index is 11.7. The topological polar surface area (TPSA) is 125 Å². The van der Waals surface area contributed by atoms with Crippen LogP contribution in [0.3, 0.4) is 0 Å². The van der Waals surface area contributed by atoms with E-state index in [2.05, 4.69) is 5.32 Å². The van der Waals surface area contributed by atoms with Crippen LogP contribution in [-0.2, 0) is 16.1 Å². The molecule has 2 aromatic rings. The Labute approximate surface area is 162 Å². The van der Waals surface area contributed by atoms with Crippen LogP contribution >= 0.6 is 0 Å². The van der Waals surface area contributed by atoms with Gasteiger partial charge in [0.15, 0.2) is 6.61 Å². The number of ether oxygens (including phenoxy) is 2. The number of aliphatic hydroxyl groups excluding tert-OH is 2. The van der Waals surface area contributed by atoms with Gasteiger partial charge in [-0.05, 0) is 18.1 Å². The first kappa shape index (κ1) is 21.2. The first-order valence-corrected chi connectivity index (χ1v) is 8.71. The number of benzene rings is 2. The van der Waals surface area contributed by atoms with Crippen molar-refractivity contribution in [1.29, 1.82) is 0 Å². The lowest BCUT2D eigenvalue weighted by Crippen LogP contribution is -2.30. The van der Waals surface area contributed by atoms with Crippen LogP contribution in [0.25, 0.3) is 0 Å². The lowest BCUT2D eigenvalue weighted by molar-refractivity contribution is -0.139. The standard InChI is InChI=1S/C20H23NO7/c22-16(10-11-21-20(26)28-12-14-6-2-1-3-7-14)19(25)15-8-4-5-9-17(15)27-13-18(23)24/h1-9,16,19,22,25H,10-13H2,(H,21,26)(H,23,24). The molecule has 0 aromatic heterocycles. The summed E-state index contributed by atoms with van der Waals surface area (Å²) in [5.74, 6) is -0.977. The second-order valence-electron chi connectivity index (χ2n) is 6.01. The third kappa shape index (κ3) is 6.90. The third-order valence-corrected chi connectivity index (χ3v) is 3.88. The molecule has 2 aromatic carbocycles. The van der Waals surface area contributed by atoms with Gasteiger partial charge in [0, 0.05) is 12.1 Å². The number of nitrogens with one attached hydrogen (secondary N) is 1. The predicted octanol–water partition coefficient (Wildman–Crippen LogP) is 1.86. The highest BCUT2D eigenvalue weighted by atomic mass is 16.5. The van der Waals surface area contributed by atoms with Crippen LogP contribution in [0.2, 0.25) is 0 Å². The molecule has 0 aliphatic carbocycles. The molecule has 4 N–H and O–H groups in total. The van der Waals surface area contributed by atoms with Crippen LogP contribution < -0.4 is 10.1 Å². The van der Waals surface area contributed by atoms with Crippen molar-refractivity contribution in [3.8, 4) is 5.75 Å². The number of aliphatic carboxylic acids is 1. The van der Waals surface area contributed by atoms with Gasteiger partial charge in [0.25, 0.3) is 0 Å². The zero-order valence-corrected chi connectivity index (χ0v) is 15.2. The Hall–Kier alpha value is -3.10. The number of aliphatic hydroxyl groups is 2. The summed E-state index contributed by atoms with van der Waals surface area (Å²) in [6, 6.07) is 15.5. The molecule has 2 rings (SSSR count). The molecule has 1 amide bonds. The minimum atomic E-state index is -1.30. The average molecular weight is 389 g/mol. The highest BCUT2D eigenvalue weighted by Crippen LogP contribution is 2.28. The number of carboxylic acid groups (broad SMARTS) is 1. The minimum absolute atomic E-state index is 0.0644. The van der Waals surface area contributed by atoms with E-state index < -0.39 is 30.9 Å². The summed E-state index contributed by atoms with van der Waals surface area (Å²) in [6.45, 7) is -0.342. The number of hydrogen-bond acceptors (Lipinski definition) is 6. The molecule has 0 spiro atoms. The third-order valence-electron chi connectivity index (χ3n) is 3.88. The summed E-state index contributed by atoms with van der Waals surface area (Å²) in [6.07, 6.45) is -3.05. The smallest absolute Gasteiger partial charge is 0.407 e. The van der Waals surface area contributed by atoms with Crippen molar-refractivity contribution < 1.29 is 34.4 Å². The molecule has 8 heteroatoms. The largest absolute Gasteiger partial charge is 0.482 e. The Balaban J connectivity index is 1.78. The molecule has 0 saturated carbocycles. The quantitative estimate of drug-likeness (QED) is 0.489. The predicted molar refractivity (Wildman–Crippen MR) is 99.8 cm³/mol. The second kappa shape index (κ2) is 10.9. The number of alkyl carbamates (subject to hydrolysis) is 1. The molecular weight excluding hydrogens is 366 g/mol. The summed E-state index contributed by atoms with van der Waals surface area (Å²) in [5, 5.41) is 31.7. The SMILES string of the molecule is O=C(O)COc1ccccc1C(O)C(O)CCNC(=O)OCc1ccccc1. The summed E-state index contributed by atoms with van der Waals surface area (Å²) in [4.78, 5) is 22.3. The van der Waals surface area contributed by atoms with E-state index >= 15 is 0 Å². The molecule has 8 nitrogen and oxygen atoms in total. The molecule has 0 fully saturated rings. The Kier molecular flexibility index (Phi) is 8.26. The molecule has 150 valence electrons. The van der Waals surface area contributed by atoms with Crippen molar-refractivity contribution in [3.05, 3.63) is 65.7 Å². The maximum absolute atomic E-state index is 11.7. The molecule has 0 radical (unpaired) electrons. The first-order valence-electron chi connectivity index (χ1n) is 8.71. The van der Waals surface area contributed by atoms with Crippen LogP contribution in [0.15, 0.2) is 54.6 Å². The number of carboxylic acids is 1. The van der Waals surface area contributed by atoms with Gasteiger partial charge in [-0.3, -0.25) is 0 Å². The lowest BCUT2D eigenvalue weighted by Gasteiger charge is -2.20. The monoisotopic (exact) mass is 389 g/mol. The molecule has 28 heavy (non-hydrogen) atoms. The molecule has 2 unspecified atom stereocenters. The van der Waals surface area contributed by atoms with E-state index in [4.69, 9.17) is 14.6 Å². The molecular formula is C20H23NO7. The van der Waals surface area contributed by atoms with Crippen LogP contribution in [0, 0.1) is 0 Å². The Morgan fingerprint density at radius 3 is 2.39 bits per heavy atom. The Morgan fingerprint density at radius 1 is 1.00 bits per heavy atom. The zero-order chi connectivity index (χ0) is 20.4. The van der Waals surface area contributed by atoms with Crippen LogP contribution in [0.1, 0.15) is 23.7 Å². The van der Waals surface area contributed by atoms with Crippen LogP contribution in [0.5, 0.6) is 5.75 Å². The van der Waals surface area contributed by atoms with Crippen molar-refractivity contribution in [3.63, 3.8) is 0 Å². The van der Waals surface area contributed by atoms with Gasteiger partial charge in [-0.25, -0.2) is 9.59 Å². The number of para-hydroxylation sites is 1. The van der Waals surface area contributed by atoms with Crippen molar-refractivity contribution in [2.24, 2.45) is 0 Å². The van der Waals surface area contributed by atoms with Gasteiger partial charge in [0.05, 0.1) is 6.10 Å². The van der Waals surface area contributed by atoms with Gasteiger partial charge in [0.2, 0.25) is 0 Å². The molecule has 2 atom stereocenters. The van der Waals surface area contributed by atoms with Crippen LogP contribution in [-0.4, -0.2) is 46.6 Å². The number of carbonyl (C=O) groups is 2. The molecule has 0 heterocycles.